The molecule has 104 valence electrons. The Labute approximate surface area is 116 Å². The van der Waals surface area contributed by atoms with Crippen LogP contribution in [0.4, 0.5) is 0 Å². The average Bonchev–Trinajstić information content (AvgIpc) is 2.68. The summed E-state index contributed by atoms with van der Waals surface area (Å²) in [7, 11) is 0. The third-order valence-corrected chi connectivity index (χ3v) is 3.28. The summed E-state index contributed by atoms with van der Waals surface area (Å²) in [6, 6.07) is 0. The number of fused-ring (bicyclic) bond motifs is 1. The molecule has 2 heterocycles. The van der Waals surface area contributed by atoms with Crippen LogP contribution in [0.15, 0.2) is 6.33 Å². The van der Waals surface area contributed by atoms with Crippen molar-refractivity contribution in [2.24, 2.45) is 0 Å². The summed E-state index contributed by atoms with van der Waals surface area (Å²) in [6.07, 6.45) is 2.44. The van der Waals surface area contributed by atoms with E-state index in [9.17, 15) is 9.59 Å². The summed E-state index contributed by atoms with van der Waals surface area (Å²) in [5, 5.41) is 0. The van der Waals surface area contributed by atoms with Crippen LogP contribution < -0.4 is 0 Å². The van der Waals surface area contributed by atoms with Crippen LogP contribution in [0.25, 0.3) is 0 Å². The molecule has 2 rings (SSSR count). The van der Waals surface area contributed by atoms with E-state index < -0.39 is 5.97 Å². The second-order valence-electron chi connectivity index (χ2n) is 4.26. The Morgan fingerprint density at radius 1 is 1.47 bits per heavy atom. The van der Waals surface area contributed by atoms with Gasteiger partial charge in [-0.05, 0) is 13.3 Å². The van der Waals surface area contributed by atoms with E-state index in [2.05, 4.69) is 4.98 Å². The highest BCUT2D eigenvalue weighted by atomic mass is 35.5. The number of hydrogen-bond donors (Lipinski definition) is 0. The van der Waals surface area contributed by atoms with Gasteiger partial charge in [0.25, 0.3) is 0 Å². The number of rotatable bonds is 3. The Morgan fingerprint density at radius 2 is 2.26 bits per heavy atom. The fraction of sp³-hybridized carbons (Fsp3) is 0.583. The molecule has 19 heavy (non-hydrogen) atoms. The van der Waals surface area contributed by atoms with Gasteiger partial charge in [-0.2, -0.15) is 0 Å². The molecule has 0 radical (unpaired) electrons. The van der Waals surface area contributed by atoms with E-state index in [1.807, 2.05) is 4.57 Å². The van der Waals surface area contributed by atoms with E-state index in [0.717, 1.165) is 18.7 Å². The number of carbonyl (C=O) groups excluding carboxylic acids is 2. The van der Waals surface area contributed by atoms with Crippen LogP contribution in [0, 0.1) is 0 Å². The van der Waals surface area contributed by atoms with E-state index in [0.29, 0.717) is 19.7 Å². The summed E-state index contributed by atoms with van der Waals surface area (Å²) < 4.78 is 6.87. The number of hydrogen-bond acceptors (Lipinski definition) is 4. The Kier molecular flexibility index (Phi) is 4.42. The molecular formula is C12H16ClN3O3. The first-order chi connectivity index (χ1) is 9.17. The van der Waals surface area contributed by atoms with Crippen molar-refractivity contribution in [1.29, 1.82) is 0 Å². The van der Waals surface area contributed by atoms with Crippen LogP contribution in [-0.2, 0) is 22.6 Å². The topological polar surface area (TPSA) is 64.4 Å². The van der Waals surface area contributed by atoms with Gasteiger partial charge in [0.05, 0.1) is 25.2 Å². The summed E-state index contributed by atoms with van der Waals surface area (Å²) in [5.41, 5.74) is 1.01. The van der Waals surface area contributed by atoms with Gasteiger partial charge in [0, 0.05) is 13.1 Å². The highest BCUT2D eigenvalue weighted by Gasteiger charge is 2.25. The summed E-state index contributed by atoms with van der Waals surface area (Å²) in [4.78, 5) is 29.3. The van der Waals surface area contributed by atoms with Crippen LogP contribution in [-0.4, -0.2) is 45.4 Å². The van der Waals surface area contributed by atoms with Gasteiger partial charge in [0.15, 0.2) is 5.69 Å². The second kappa shape index (κ2) is 6.06. The molecule has 0 spiro atoms. The van der Waals surface area contributed by atoms with Gasteiger partial charge < -0.3 is 14.2 Å². The predicted octanol–water partition coefficient (Wildman–Crippen LogP) is 1.03. The van der Waals surface area contributed by atoms with Crippen LogP contribution >= 0.6 is 11.6 Å². The van der Waals surface area contributed by atoms with Crippen molar-refractivity contribution in [2.75, 3.05) is 19.0 Å². The Morgan fingerprint density at radius 3 is 2.95 bits per heavy atom. The van der Waals surface area contributed by atoms with Gasteiger partial charge in [-0.25, -0.2) is 9.78 Å². The summed E-state index contributed by atoms with van der Waals surface area (Å²) in [6.45, 7) is 3.76. The van der Waals surface area contributed by atoms with Crippen molar-refractivity contribution >= 4 is 23.5 Å². The molecule has 0 fully saturated rings. The minimum Gasteiger partial charge on any atom is -0.461 e. The van der Waals surface area contributed by atoms with Crippen molar-refractivity contribution < 1.29 is 14.3 Å². The molecule has 0 bridgehead atoms. The molecule has 1 aliphatic heterocycles. The fourth-order valence-corrected chi connectivity index (χ4v) is 2.29. The first-order valence-corrected chi connectivity index (χ1v) is 6.75. The summed E-state index contributed by atoms with van der Waals surface area (Å²) >= 11 is 5.59. The number of carbonyl (C=O) groups is 2. The van der Waals surface area contributed by atoms with Crippen LogP contribution in [0.2, 0.25) is 0 Å². The predicted molar refractivity (Wildman–Crippen MR) is 68.9 cm³/mol. The largest absolute Gasteiger partial charge is 0.461 e. The van der Waals surface area contributed by atoms with E-state index in [4.69, 9.17) is 16.3 Å². The lowest BCUT2D eigenvalue weighted by Gasteiger charge is -2.19. The van der Waals surface area contributed by atoms with Gasteiger partial charge in [-0.15, -0.1) is 11.6 Å². The second-order valence-corrected chi connectivity index (χ2v) is 4.52. The maximum absolute atomic E-state index is 11.8. The number of aromatic nitrogens is 2. The normalized spacial score (nSPS) is 14.7. The minimum absolute atomic E-state index is 0.0527. The zero-order valence-electron chi connectivity index (χ0n) is 10.8. The van der Waals surface area contributed by atoms with Crippen molar-refractivity contribution in [3.63, 3.8) is 0 Å². The molecule has 1 aliphatic rings. The molecule has 7 heteroatoms. The first-order valence-electron chi connectivity index (χ1n) is 6.22. The number of aryl methyl sites for hydroxylation is 1. The third kappa shape index (κ3) is 2.89. The zero-order chi connectivity index (χ0) is 13.8. The fourth-order valence-electron chi connectivity index (χ4n) is 2.13. The van der Waals surface area contributed by atoms with Crippen molar-refractivity contribution in [3.05, 3.63) is 17.7 Å². The van der Waals surface area contributed by atoms with Crippen LogP contribution in [0.1, 0.15) is 29.5 Å². The van der Waals surface area contributed by atoms with Crippen molar-refractivity contribution in [3.8, 4) is 0 Å². The highest BCUT2D eigenvalue weighted by Crippen LogP contribution is 2.17. The van der Waals surface area contributed by atoms with E-state index in [1.165, 1.54) is 0 Å². The molecular weight excluding hydrogens is 270 g/mol. The lowest BCUT2D eigenvalue weighted by molar-refractivity contribution is -0.129. The maximum atomic E-state index is 11.8. The van der Waals surface area contributed by atoms with Gasteiger partial charge in [0.1, 0.15) is 5.88 Å². The number of imidazole rings is 1. The lowest BCUT2D eigenvalue weighted by atomic mass is 10.3. The molecule has 0 saturated carbocycles. The number of ether oxygens (including phenoxy) is 1. The Hall–Kier alpha value is -1.56. The molecule has 1 aromatic rings. The molecule has 6 nitrogen and oxygen atoms in total. The molecule has 0 N–H and O–H groups in total. The monoisotopic (exact) mass is 285 g/mol. The molecule has 0 aliphatic carbocycles. The van der Waals surface area contributed by atoms with E-state index in [-0.39, 0.29) is 17.5 Å². The molecule has 0 unspecified atom stereocenters. The molecule has 0 aromatic carbocycles. The molecule has 0 atom stereocenters. The van der Waals surface area contributed by atoms with Gasteiger partial charge >= 0.3 is 5.97 Å². The van der Waals surface area contributed by atoms with Gasteiger partial charge in [-0.1, -0.05) is 0 Å². The maximum Gasteiger partial charge on any atom is 0.358 e. The van der Waals surface area contributed by atoms with Gasteiger partial charge in [-0.3, -0.25) is 4.79 Å². The number of alkyl halides is 1. The Balaban J connectivity index is 2.26. The van der Waals surface area contributed by atoms with Crippen LogP contribution in [0.3, 0.4) is 0 Å². The molecule has 1 amide bonds. The number of halogens is 1. The summed E-state index contributed by atoms with van der Waals surface area (Å²) in [5.74, 6) is -0.634. The average molecular weight is 286 g/mol. The molecule has 0 saturated heterocycles. The van der Waals surface area contributed by atoms with E-state index in [1.54, 1.807) is 18.2 Å². The quantitative estimate of drug-likeness (QED) is 0.615. The van der Waals surface area contributed by atoms with Gasteiger partial charge in [0.2, 0.25) is 5.91 Å². The third-order valence-electron chi connectivity index (χ3n) is 3.05. The van der Waals surface area contributed by atoms with Crippen LogP contribution in [0.5, 0.6) is 0 Å². The lowest BCUT2D eigenvalue weighted by Crippen LogP contribution is -2.32. The van der Waals surface area contributed by atoms with E-state index >= 15 is 0 Å². The number of nitrogens with zero attached hydrogens (tertiary/aromatic N) is 3. The zero-order valence-corrected chi connectivity index (χ0v) is 11.5. The minimum atomic E-state index is -0.448. The standard InChI is InChI=1S/C12H16ClN3O3/c1-2-19-12(18)11-9-7-15(10(17)6-13)4-3-5-16(9)8-14-11/h8H,2-7H2,1H3. The SMILES string of the molecule is CCOC(=O)c1ncn2c1CN(C(=O)CCl)CCC2. The smallest absolute Gasteiger partial charge is 0.358 e. The number of esters is 1. The highest BCUT2D eigenvalue weighted by molar-refractivity contribution is 6.27. The Bertz CT molecular complexity index is 487. The molecule has 1 aromatic heterocycles. The van der Waals surface area contributed by atoms with Crippen molar-refractivity contribution in [1.82, 2.24) is 14.5 Å². The first kappa shape index (κ1) is 13.9. The number of amides is 1. The van der Waals surface area contributed by atoms with Crippen molar-refractivity contribution in [2.45, 2.75) is 26.4 Å².